The summed E-state index contributed by atoms with van der Waals surface area (Å²) in [5, 5.41) is 14.6. The van der Waals surface area contributed by atoms with E-state index >= 15 is 0 Å². The Bertz CT molecular complexity index is 847. The molecule has 0 bridgehead atoms. The average Bonchev–Trinajstić information content (AvgIpc) is 2.79. The van der Waals surface area contributed by atoms with E-state index in [4.69, 9.17) is 0 Å². The molecular weight excluding hydrogens is 358 g/mol. The largest absolute Gasteiger partial charge is 0.370 e. The SMILES string of the molecule is [O]c1ccc2c(N3CCCCC3)c(N3CCCCC3)c(N3CCCCC3)cc2c1. The number of hydrogen-bond acceptors (Lipinski definition) is 3. The van der Waals surface area contributed by atoms with Crippen molar-refractivity contribution in [3.05, 3.63) is 24.3 Å². The van der Waals surface area contributed by atoms with Crippen molar-refractivity contribution < 1.29 is 5.11 Å². The molecule has 0 spiro atoms. The van der Waals surface area contributed by atoms with E-state index in [0.29, 0.717) is 0 Å². The summed E-state index contributed by atoms with van der Waals surface area (Å²) >= 11 is 0. The minimum absolute atomic E-state index is 0.123. The van der Waals surface area contributed by atoms with E-state index < -0.39 is 0 Å². The maximum atomic E-state index is 12.2. The smallest absolute Gasteiger partial charge is 0.179 e. The minimum Gasteiger partial charge on any atom is -0.370 e. The van der Waals surface area contributed by atoms with Crippen LogP contribution in [0.15, 0.2) is 24.3 Å². The fourth-order valence-electron chi connectivity index (χ4n) is 5.58. The first-order valence-electron chi connectivity index (χ1n) is 11.8. The summed E-state index contributed by atoms with van der Waals surface area (Å²) in [6.45, 7) is 6.88. The van der Waals surface area contributed by atoms with Gasteiger partial charge in [0.25, 0.3) is 0 Å². The molecule has 155 valence electrons. The Balaban J connectivity index is 1.73. The topological polar surface area (TPSA) is 29.6 Å². The molecule has 0 aromatic heterocycles. The molecule has 0 saturated carbocycles. The zero-order valence-corrected chi connectivity index (χ0v) is 17.7. The Morgan fingerprint density at radius 2 is 1.07 bits per heavy atom. The summed E-state index contributed by atoms with van der Waals surface area (Å²) in [6, 6.07) is 8.04. The number of nitrogens with zero attached hydrogens (tertiary/aromatic N) is 3. The molecule has 2 aromatic rings. The van der Waals surface area contributed by atoms with Crippen molar-refractivity contribution in [1.29, 1.82) is 0 Å². The zero-order valence-electron chi connectivity index (χ0n) is 17.7. The van der Waals surface area contributed by atoms with Crippen molar-refractivity contribution in [3.63, 3.8) is 0 Å². The Kier molecular flexibility index (Phi) is 5.43. The zero-order chi connectivity index (χ0) is 19.6. The standard InChI is InChI=1S/C25H34N3O/c29-21-10-11-22-20(18-21)19-23(26-12-4-1-5-13-26)25(28-16-8-3-9-17-28)24(22)27-14-6-2-7-15-27/h10-11,18-19H,1-9,12-17H2. The summed E-state index contributed by atoms with van der Waals surface area (Å²) in [5.74, 6) is 0.123. The number of piperidine rings is 3. The maximum absolute atomic E-state index is 12.2. The van der Waals surface area contributed by atoms with Crippen molar-refractivity contribution in [1.82, 2.24) is 0 Å². The van der Waals surface area contributed by atoms with Crippen molar-refractivity contribution in [2.24, 2.45) is 0 Å². The van der Waals surface area contributed by atoms with Crippen LogP contribution in [0.5, 0.6) is 5.75 Å². The summed E-state index contributed by atoms with van der Waals surface area (Å²) in [7, 11) is 0. The first-order valence-corrected chi connectivity index (χ1v) is 11.8. The predicted octanol–water partition coefficient (Wildman–Crippen LogP) is 5.95. The lowest BCUT2D eigenvalue weighted by Gasteiger charge is -2.41. The molecule has 0 atom stereocenters. The highest BCUT2D eigenvalue weighted by Gasteiger charge is 2.28. The van der Waals surface area contributed by atoms with Crippen molar-refractivity contribution >= 4 is 27.8 Å². The summed E-state index contributed by atoms with van der Waals surface area (Å²) in [6.07, 6.45) is 11.7. The van der Waals surface area contributed by atoms with E-state index in [9.17, 15) is 5.11 Å². The Morgan fingerprint density at radius 1 is 0.552 bits per heavy atom. The van der Waals surface area contributed by atoms with E-state index in [2.05, 4.69) is 26.8 Å². The summed E-state index contributed by atoms with van der Waals surface area (Å²) in [5.41, 5.74) is 4.24. The highest BCUT2D eigenvalue weighted by molar-refractivity contribution is 6.07. The van der Waals surface area contributed by atoms with E-state index in [1.165, 1.54) is 80.2 Å². The van der Waals surface area contributed by atoms with Crippen LogP contribution in [0, 0.1) is 0 Å². The van der Waals surface area contributed by atoms with Gasteiger partial charge in [-0.2, -0.15) is 0 Å². The highest BCUT2D eigenvalue weighted by Crippen LogP contribution is 2.47. The van der Waals surface area contributed by atoms with Gasteiger partial charge in [-0.15, -0.1) is 0 Å². The van der Waals surface area contributed by atoms with Gasteiger partial charge >= 0.3 is 0 Å². The van der Waals surface area contributed by atoms with Crippen molar-refractivity contribution in [2.75, 3.05) is 54.0 Å². The number of benzene rings is 2. The van der Waals surface area contributed by atoms with Gasteiger partial charge in [-0.05, 0) is 87.4 Å². The number of rotatable bonds is 3. The molecule has 0 N–H and O–H groups in total. The van der Waals surface area contributed by atoms with Gasteiger partial charge in [-0.25, -0.2) is 0 Å². The second-order valence-corrected chi connectivity index (χ2v) is 9.12. The second kappa shape index (κ2) is 8.33. The van der Waals surface area contributed by atoms with Gasteiger partial charge in [0.2, 0.25) is 0 Å². The van der Waals surface area contributed by atoms with Gasteiger partial charge in [0, 0.05) is 44.7 Å². The van der Waals surface area contributed by atoms with Gasteiger partial charge in [0.1, 0.15) is 0 Å². The van der Waals surface area contributed by atoms with E-state index in [1.54, 1.807) is 6.07 Å². The van der Waals surface area contributed by atoms with Gasteiger partial charge in [0.15, 0.2) is 5.75 Å². The second-order valence-electron chi connectivity index (χ2n) is 9.12. The third kappa shape index (κ3) is 3.74. The molecule has 29 heavy (non-hydrogen) atoms. The minimum atomic E-state index is 0.123. The van der Waals surface area contributed by atoms with Crippen LogP contribution in [0.3, 0.4) is 0 Å². The number of fused-ring (bicyclic) bond motifs is 1. The van der Waals surface area contributed by atoms with E-state index in [0.717, 1.165) is 44.7 Å². The van der Waals surface area contributed by atoms with Crippen LogP contribution in [0.25, 0.3) is 10.8 Å². The molecule has 5 rings (SSSR count). The van der Waals surface area contributed by atoms with Crippen LogP contribution in [-0.2, 0) is 5.11 Å². The summed E-state index contributed by atoms with van der Waals surface area (Å²) < 4.78 is 0. The molecule has 0 aliphatic carbocycles. The Hall–Kier alpha value is -2.10. The van der Waals surface area contributed by atoms with Crippen LogP contribution in [0.4, 0.5) is 17.1 Å². The molecule has 0 amide bonds. The first kappa shape index (κ1) is 18.9. The molecule has 0 unspecified atom stereocenters. The van der Waals surface area contributed by atoms with E-state index in [1.807, 2.05) is 6.07 Å². The lowest BCUT2D eigenvalue weighted by molar-refractivity contribution is 0.355. The molecule has 1 radical (unpaired) electrons. The lowest BCUT2D eigenvalue weighted by Crippen LogP contribution is -2.37. The third-order valence-corrected chi connectivity index (χ3v) is 7.08. The highest BCUT2D eigenvalue weighted by atomic mass is 16.3. The van der Waals surface area contributed by atoms with Crippen LogP contribution in [0.1, 0.15) is 57.8 Å². The average molecular weight is 393 g/mol. The fraction of sp³-hybridized carbons (Fsp3) is 0.600. The van der Waals surface area contributed by atoms with E-state index in [-0.39, 0.29) is 5.75 Å². The van der Waals surface area contributed by atoms with Crippen LogP contribution >= 0.6 is 0 Å². The van der Waals surface area contributed by atoms with Gasteiger partial charge < -0.3 is 14.7 Å². The van der Waals surface area contributed by atoms with Crippen molar-refractivity contribution in [3.8, 4) is 5.75 Å². The molecule has 4 nitrogen and oxygen atoms in total. The molecular formula is C25H34N3O. The van der Waals surface area contributed by atoms with Crippen LogP contribution < -0.4 is 14.7 Å². The van der Waals surface area contributed by atoms with Crippen molar-refractivity contribution in [2.45, 2.75) is 57.8 Å². The quantitative estimate of drug-likeness (QED) is 0.646. The molecule has 4 heteroatoms. The molecule has 3 aliphatic heterocycles. The predicted molar refractivity (Wildman–Crippen MR) is 122 cm³/mol. The van der Waals surface area contributed by atoms with Crippen LogP contribution in [0.2, 0.25) is 0 Å². The van der Waals surface area contributed by atoms with Crippen LogP contribution in [-0.4, -0.2) is 39.3 Å². The normalized spacial score (nSPS) is 21.0. The maximum Gasteiger partial charge on any atom is 0.179 e. The molecule has 3 heterocycles. The van der Waals surface area contributed by atoms with Gasteiger partial charge in [-0.3, -0.25) is 5.11 Å². The van der Waals surface area contributed by atoms with Gasteiger partial charge in [0.05, 0.1) is 17.1 Å². The molecule has 3 fully saturated rings. The number of anilines is 3. The Morgan fingerprint density at radius 3 is 1.66 bits per heavy atom. The summed E-state index contributed by atoms with van der Waals surface area (Å²) in [4.78, 5) is 7.91. The Labute approximate surface area is 175 Å². The molecule has 3 saturated heterocycles. The van der Waals surface area contributed by atoms with Gasteiger partial charge in [-0.1, -0.05) is 0 Å². The fourth-order valence-corrected chi connectivity index (χ4v) is 5.58. The first-order chi connectivity index (χ1) is 14.3. The molecule has 3 aliphatic rings. The third-order valence-electron chi connectivity index (χ3n) is 7.08. The monoisotopic (exact) mass is 392 g/mol. The number of hydrogen-bond donors (Lipinski definition) is 0. The lowest BCUT2D eigenvalue weighted by atomic mass is 9.98. The molecule has 2 aromatic carbocycles.